The van der Waals surface area contributed by atoms with Gasteiger partial charge in [0.2, 0.25) is 0 Å². The van der Waals surface area contributed by atoms with Gasteiger partial charge < -0.3 is 9.97 Å². The zero-order chi connectivity index (χ0) is 10.3. The van der Waals surface area contributed by atoms with Gasteiger partial charge in [0.15, 0.2) is 0 Å². The number of aromatic amines is 2. The van der Waals surface area contributed by atoms with E-state index in [1.165, 1.54) is 0 Å². The van der Waals surface area contributed by atoms with Crippen LogP contribution in [0.2, 0.25) is 0 Å². The van der Waals surface area contributed by atoms with Gasteiger partial charge in [-0.05, 0) is 44.0 Å². The molecule has 0 bridgehead atoms. The van der Waals surface area contributed by atoms with Crippen LogP contribution < -0.4 is 11.1 Å². The van der Waals surface area contributed by atoms with Crippen molar-refractivity contribution < 1.29 is 0 Å². The molecule has 0 saturated heterocycles. The molecule has 0 spiro atoms. The molecule has 72 valence electrons. The number of aromatic nitrogens is 2. The summed E-state index contributed by atoms with van der Waals surface area (Å²) >= 11 is 6.60. The summed E-state index contributed by atoms with van der Waals surface area (Å²) in [6.07, 6.45) is 0. The normalized spacial score (nSPS) is 10.7. The minimum absolute atomic E-state index is 0.573. The molecule has 1 heterocycles. The van der Waals surface area contributed by atoms with Crippen molar-refractivity contribution in [3.8, 4) is 0 Å². The van der Waals surface area contributed by atoms with Gasteiger partial charge in [0.25, 0.3) is 0 Å². The molecule has 0 amide bonds. The predicted molar refractivity (Wildman–Crippen MR) is 60.6 cm³/mol. The summed E-state index contributed by atoms with van der Waals surface area (Å²) in [6.45, 7) is 0. The number of halogens is 2. The molecule has 0 aliphatic heterocycles. The lowest BCUT2D eigenvalue weighted by Gasteiger charge is -2.01. The second-order valence-corrected chi connectivity index (χ2v) is 4.34. The Balaban J connectivity index is 3.04. The third-order valence-electron chi connectivity index (χ3n) is 1.79. The average molecular weight is 320 g/mol. The van der Waals surface area contributed by atoms with Gasteiger partial charge >= 0.3 is 11.1 Å². The van der Waals surface area contributed by atoms with E-state index in [1.807, 2.05) is 0 Å². The Kier molecular flexibility index (Phi) is 2.32. The van der Waals surface area contributed by atoms with Gasteiger partial charge in [-0.2, -0.15) is 0 Å². The zero-order valence-corrected chi connectivity index (χ0v) is 9.90. The van der Waals surface area contributed by atoms with Crippen LogP contribution >= 0.6 is 31.9 Å². The van der Waals surface area contributed by atoms with Gasteiger partial charge in [-0.25, -0.2) is 0 Å². The summed E-state index contributed by atoms with van der Waals surface area (Å²) in [7, 11) is 0. The summed E-state index contributed by atoms with van der Waals surface area (Å²) in [5.74, 6) is 0. The number of nitrogens with one attached hydrogen (secondary N) is 2. The molecule has 1 aromatic carbocycles. The standard InChI is InChI=1S/C8H4Br2N2O2/c9-3-1-2-4-6(5(3)10)12-8(14)7(13)11-4/h1-2H,(H,11,13)(H,12,14). The summed E-state index contributed by atoms with van der Waals surface area (Å²) in [4.78, 5) is 27.0. The lowest BCUT2D eigenvalue weighted by atomic mass is 10.3. The van der Waals surface area contributed by atoms with E-state index in [0.29, 0.717) is 15.5 Å². The third-order valence-corrected chi connectivity index (χ3v) is 3.80. The van der Waals surface area contributed by atoms with Crippen molar-refractivity contribution in [2.24, 2.45) is 0 Å². The zero-order valence-electron chi connectivity index (χ0n) is 6.73. The number of H-pyrrole nitrogens is 2. The SMILES string of the molecule is O=c1[nH]c2ccc(Br)c(Br)c2[nH]c1=O. The highest BCUT2D eigenvalue weighted by Gasteiger charge is 2.05. The Morgan fingerprint density at radius 1 is 1.00 bits per heavy atom. The van der Waals surface area contributed by atoms with Crippen LogP contribution in [0.5, 0.6) is 0 Å². The largest absolute Gasteiger partial charge is 0.316 e. The molecule has 1 aromatic heterocycles. The number of hydrogen-bond donors (Lipinski definition) is 2. The highest BCUT2D eigenvalue weighted by Crippen LogP contribution is 2.27. The molecule has 2 rings (SSSR count). The van der Waals surface area contributed by atoms with E-state index < -0.39 is 11.1 Å². The Bertz CT molecular complexity index is 615. The Morgan fingerprint density at radius 3 is 2.36 bits per heavy atom. The van der Waals surface area contributed by atoms with Gasteiger partial charge in [-0.15, -0.1) is 0 Å². The molecule has 4 nitrogen and oxygen atoms in total. The Morgan fingerprint density at radius 2 is 1.64 bits per heavy atom. The van der Waals surface area contributed by atoms with Crippen molar-refractivity contribution in [2.45, 2.75) is 0 Å². The van der Waals surface area contributed by atoms with Crippen LogP contribution in [0, 0.1) is 0 Å². The predicted octanol–water partition coefficient (Wildman–Crippen LogP) is 1.74. The number of rotatable bonds is 0. The first kappa shape index (κ1) is 9.67. The summed E-state index contributed by atoms with van der Waals surface area (Å²) in [6, 6.07) is 3.49. The van der Waals surface area contributed by atoms with E-state index in [2.05, 4.69) is 41.8 Å². The quantitative estimate of drug-likeness (QED) is 0.726. The molecule has 14 heavy (non-hydrogen) atoms. The fourth-order valence-electron chi connectivity index (χ4n) is 1.13. The first-order valence-corrected chi connectivity index (χ1v) is 5.28. The Labute approximate surface area is 94.6 Å². The van der Waals surface area contributed by atoms with Crippen molar-refractivity contribution >= 4 is 42.9 Å². The van der Waals surface area contributed by atoms with Crippen LogP contribution in [0.4, 0.5) is 0 Å². The van der Waals surface area contributed by atoms with Crippen LogP contribution in [0.15, 0.2) is 30.7 Å². The van der Waals surface area contributed by atoms with Crippen LogP contribution in [0.25, 0.3) is 11.0 Å². The second kappa shape index (κ2) is 3.36. The van der Waals surface area contributed by atoms with E-state index in [1.54, 1.807) is 12.1 Å². The number of fused-ring (bicyclic) bond motifs is 1. The fourth-order valence-corrected chi connectivity index (χ4v) is 1.90. The highest BCUT2D eigenvalue weighted by molar-refractivity contribution is 9.13. The van der Waals surface area contributed by atoms with Crippen molar-refractivity contribution in [3.05, 3.63) is 41.8 Å². The third kappa shape index (κ3) is 1.44. The summed E-state index contributed by atoms with van der Waals surface area (Å²) in [5, 5.41) is 0. The molecular weight excluding hydrogens is 316 g/mol. The molecule has 0 fully saturated rings. The lowest BCUT2D eigenvalue weighted by molar-refractivity contribution is 1.14. The van der Waals surface area contributed by atoms with Gasteiger partial charge in [0.05, 0.1) is 15.5 Å². The molecule has 0 radical (unpaired) electrons. The van der Waals surface area contributed by atoms with E-state index >= 15 is 0 Å². The maximum Gasteiger partial charge on any atom is 0.314 e. The average Bonchev–Trinajstić information content (AvgIpc) is 2.15. The molecule has 0 atom stereocenters. The molecular formula is C8H4Br2N2O2. The number of hydrogen-bond acceptors (Lipinski definition) is 2. The maximum absolute atomic E-state index is 11.1. The molecule has 0 saturated carbocycles. The minimum atomic E-state index is -0.656. The second-order valence-electron chi connectivity index (χ2n) is 2.69. The van der Waals surface area contributed by atoms with Gasteiger partial charge in [0, 0.05) is 4.47 Å². The molecule has 0 aliphatic rings. The molecule has 0 unspecified atom stereocenters. The van der Waals surface area contributed by atoms with E-state index in [9.17, 15) is 9.59 Å². The van der Waals surface area contributed by atoms with Gasteiger partial charge in [0.1, 0.15) is 0 Å². The fraction of sp³-hybridized carbons (Fsp3) is 0. The molecule has 0 aliphatic carbocycles. The summed E-state index contributed by atoms with van der Waals surface area (Å²) in [5.41, 5.74) is -0.142. The van der Waals surface area contributed by atoms with E-state index in [-0.39, 0.29) is 0 Å². The molecule has 6 heteroatoms. The topological polar surface area (TPSA) is 65.7 Å². The monoisotopic (exact) mass is 318 g/mol. The van der Waals surface area contributed by atoms with Crippen LogP contribution in [0.3, 0.4) is 0 Å². The van der Waals surface area contributed by atoms with Gasteiger partial charge in [-0.3, -0.25) is 9.59 Å². The van der Waals surface area contributed by atoms with Crippen LogP contribution in [-0.2, 0) is 0 Å². The molecule has 2 aromatic rings. The van der Waals surface area contributed by atoms with Crippen molar-refractivity contribution in [3.63, 3.8) is 0 Å². The highest BCUT2D eigenvalue weighted by atomic mass is 79.9. The van der Waals surface area contributed by atoms with Crippen molar-refractivity contribution in [2.75, 3.05) is 0 Å². The molecule has 2 N–H and O–H groups in total. The van der Waals surface area contributed by atoms with Crippen molar-refractivity contribution in [1.29, 1.82) is 0 Å². The maximum atomic E-state index is 11.1. The lowest BCUT2D eigenvalue weighted by Crippen LogP contribution is -2.29. The van der Waals surface area contributed by atoms with E-state index in [0.717, 1.165) is 4.47 Å². The number of benzene rings is 1. The van der Waals surface area contributed by atoms with Gasteiger partial charge in [-0.1, -0.05) is 0 Å². The van der Waals surface area contributed by atoms with Crippen LogP contribution in [0.1, 0.15) is 0 Å². The first-order chi connectivity index (χ1) is 6.59. The Hall–Kier alpha value is -0.880. The van der Waals surface area contributed by atoms with Crippen LogP contribution in [-0.4, -0.2) is 9.97 Å². The smallest absolute Gasteiger partial charge is 0.314 e. The van der Waals surface area contributed by atoms with Crippen molar-refractivity contribution in [1.82, 2.24) is 9.97 Å². The first-order valence-electron chi connectivity index (χ1n) is 3.70. The van der Waals surface area contributed by atoms with E-state index in [4.69, 9.17) is 0 Å². The summed E-state index contributed by atoms with van der Waals surface area (Å²) < 4.78 is 1.52. The minimum Gasteiger partial charge on any atom is -0.316 e.